The molecule has 5 atom stereocenters. The number of carbonyl (C=O) groups is 1. The molecule has 2 heterocycles. The first-order chi connectivity index (χ1) is 14.3. The number of fused-ring (bicyclic) bond motifs is 3. The molecule has 1 aliphatic rings. The number of hydrogen-bond donors (Lipinski definition) is 5. The second-order valence-corrected chi connectivity index (χ2v) is 6.87. The molecule has 0 spiro atoms. The number of aliphatic hydroxyl groups excluding tert-OH is 4. The average Bonchev–Trinajstić information content (AvgIpc) is 2.73. The van der Waals surface area contributed by atoms with E-state index >= 15 is 0 Å². The Bertz CT molecular complexity index is 1170. The van der Waals surface area contributed by atoms with E-state index in [1.807, 2.05) is 0 Å². The van der Waals surface area contributed by atoms with Crippen molar-refractivity contribution < 1.29 is 44.2 Å². The van der Waals surface area contributed by atoms with Gasteiger partial charge in [0.25, 0.3) is 0 Å². The Labute approximate surface area is 168 Å². The third-order valence-corrected chi connectivity index (χ3v) is 5.06. The molecule has 0 aliphatic carbocycles. The topological polar surface area (TPSA) is 167 Å². The Hall–Kier alpha value is -3.02. The van der Waals surface area contributed by atoms with Crippen LogP contribution in [0.5, 0.6) is 5.75 Å². The molecule has 1 fully saturated rings. The lowest BCUT2D eigenvalue weighted by Gasteiger charge is -2.39. The Morgan fingerprint density at radius 1 is 0.967 bits per heavy atom. The predicted molar refractivity (Wildman–Crippen MR) is 101 cm³/mol. The normalized spacial score (nSPS) is 26.7. The minimum Gasteiger partial charge on any atom is -0.477 e. The molecule has 1 aliphatic heterocycles. The van der Waals surface area contributed by atoms with E-state index in [0.29, 0.717) is 10.8 Å². The molecule has 4 rings (SSSR count). The number of rotatable bonds is 4. The van der Waals surface area contributed by atoms with Gasteiger partial charge in [0.2, 0.25) is 6.29 Å². The van der Waals surface area contributed by atoms with Crippen molar-refractivity contribution in [3.63, 3.8) is 0 Å². The van der Waals surface area contributed by atoms with Crippen LogP contribution in [0.15, 0.2) is 45.6 Å². The van der Waals surface area contributed by atoms with Crippen LogP contribution in [-0.4, -0.2) is 68.8 Å². The fourth-order valence-corrected chi connectivity index (χ4v) is 3.52. The average molecular weight is 418 g/mol. The second kappa shape index (κ2) is 7.67. The van der Waals surface area contributed by atoms with E-state index in [0.717, 1.165) is 0 Å². The third-order valence-electron chi connectivity index (χ3n) is 5.06. The zero-order valence-corrected chi connectivity index (χ0v) is 15.3. The van der Waals surface area contributed by atoms with E-state index in [4.69, 9.17) is 13.9 Å². The number of hydrogen-bond acceptors (Lipinski definition) is 9. The first-order valence-electron chi connectivity index (χ1n) is 9.02. The molecular formula is C20H18O10. The highest BCUT2D eigenvalue weighted by Crippen LogP contribution is 2.33. The minimum absolute atomic E-state index is 0.228. The largest absolute Gasteiger partial charge is 0.477 e. The van der Waals surface area contributed by atoms with Gasteiger partial charge in [0.15, 0.2) is 5.58 Å². The maximum absolute atomic E-state index is 12.3. The first kappa shape index (κ1) is 20.3. The zero-order valence-electron chi connectivity index (χ0n) is 15.3. The minimum atomic E-state index is -1.73. The lowest BCUT2D eigenvalue weighted by molar-refractivity contribution is -0.277. The molecular weight excluding hydrogens is 400 g/mol. The molecule has 2 aromatic carbocycles. The molecule has 1 aromatic heterocycles. The molecule has 10 heteroatoms. The molecule has 0 radical (unpaired) electrons. The zero-order chi connectivity index (χ0) is 21.6. The second-order valence-electron chi connectivity index (χ2n) is 6.87. The van der Waals surface area contributed by atoms with Crippen LogP contribution in [-0.2, 0) is 4.74 Å². The quantitative estimate of drug-likeness (QED) is 0.283. The lowest BCUT2D eigenvalue weighted by Crippen LogP contribution is -2.60. The first-order valence-corrected chi connectivity index (χ1v) is 9.02. The Balaban J connectivity index is 1.84. The predicted octanol–water partition coefficient (Wildman–Crippen LogP) is -0.177. The third kappa shape index (κ3) is 3.20. The molecule has 0 amide bonds. The van der Waals surface area contributed by atoms with Gasteiger partial charge in [0.1, 0.15) is 35.7 Å². The van der Waals surface area contributed by atoms with Gasteiger partial charge in [-0.25, -0.2) is 9.59 Å². The van der Waals surface area contributed by atoms with Crippen molar-refractivity contribution in [3.05, 3.63) is 52.4 Å². The van der Waals surface area contributed by atoms with Gasteiger partial charge in [-0.05, 0) is 23.6 Å². The number of benzene rings is 2. The highest BCUT2D eigenvalue weighted by Gasteiger charge is 2.45. The van der Waals surface area contributed by atoms with E-state index in [9.17, 15) is 35.1 Å². The summed E-state index contributed by atoms with van der Waals surface area (Å²) in [6, 6.07) is 9.35. The monoisotopic (exact) mass is 418 g/mol. The summed E-state index contributed by atoms with van der Waals surface area (Å²) < 4.78 is 16.0. The van der Waals surface area contributed by atoms with Gasteiger partial charge in [-0.15, -0.1) is 0 Å². The fourth-order valence-electron chi connectivity index (χ4n) is 3.52. The van der Waals surface area contributed by atoms with Crippen LogP contribution in [0.1, 0.15) is 10.4 Å². The maximum atomic E-state index is 12.3. The molecule has 5 N–H and O–H groups in total. The van der Waals surface area contributed by atoms with Crippen LogP contribution in [0.4, 0.5) is 0 Å². The number of carboxylic acid groups (broad SMARTS) is 1. The molecule has 0 unspecified atom stereocenters. The summed E-state index contributed by atoms with van der Waals surface area (Å²) in [5, 5.41) is 50.1. The Kier molecular flexibility index (Phi) is 5.18. The molecule has 0 saturated carbocycles. The highest BCUT2D eigenvalue weighted by atomic mass is 16.7. The summed E-state index contributed by atoms with van der Waals surface area (Å²) in [6.07, 6.45) is -7.85. The van der Waals surface area contributed by atoms with Crippen LogP contribution in [0, 0.1) is 0 Å². The molecule has 158 valence electrons. The van der Waals surface area contributed by atoms with Crippen molar-refractivity contribution in [2.75, 3.05) is 6.61 Å². The highest BCUT2D eigenvalue weighted by molar-refractivity contribution is 6.12. The number of aliphatic hydroxyl groups is 4. The summed E-state index contributed by atoms with van der Waals surface area (Å²) in [5.74, 6) is -1.75. The van der Waals surface area contributed by atoms with Crippen molar-refractivity contribution in [3.8, 4) is 5.75 Å². The summed E-state index contributed by atoms with van der Waals surface area (Å²) in [5.41, 5.74) is -1.44. The summed E-state index contributed by atoms with van der Waals surface area (Å²) in [7, 11) is 0. The van der Waals surface area contributed by atoms with Gasteiger partial charge in [0.05, 0.1) is 12.0 Å². The van der Waals surface area contributed by atoms with E-state index in [1.165, 1.54) is 12.1 Å². The van der Waals surface area contributed by atoms with E-state index < -0.39 is 54.5 Å². The molecule has 30 heavy (non-hydrogen) atoms. The van der Waals surface area contributed by atoms with Crippen LogP contribution in [0.2, 0.25) is 0 Å². The van der Waals surface area contributed by atoms with E-state index in [1.54, 1.807) is 24.3 Å². The Morgan fingerprint density at radius 3 is 2.33 bits per heavy atom. The van der Waals surface area contributed by atoms with Crippen molar-refractivity contribution in [1.82, 2.24) is 0 Å². The molecule has 1 saturated heterocycles. The Morgan fingerprint density at radius 2 is 1.67 bits per heavy atom. The van der Waals surface area contributed by atoms with Crippen LogP contribution < -0.4 is 10.4 Å². The smallest absolute Gasteiger partial charge is 0.344 e. The SMILES string of the molecule is O=C(O)c1c(O[C@@H]2O[C@H](CO)[C@@H](O)[C@H](O)[C@H]2O)ccc2c1oc(=O)c1ccccc12. The van der Waals surface area contributed by atoms with Crippen LogP contribution >= 0.6 is 0 Å². The molecule has 3 aromatic rings. The van der Waals surface area contributed by atoms with Gasteiger partial charge >= 0.3 is 11.6 Å². The summed E-state index contributed by atoms with van der Waals surface area (Å²) in [4.78, 5) is 24.3. The molecule has 10 nitrogen and oxygen atoms in total. The number of carboxylic acids is 1. The van der Waals surface area contributed by atoms with Crippen molar-refractivity contribution in [1.29, 1.82) is 0 Å². The van der Waals surface area contributed by atoms with E-state index in [2.05, 4.69) is 0 Å². The summed E-state index contributed by atoms with van der Waals surface area (Å²) >= 11 is 0. The van der Waals surface area contributed by atoms with Crippen LogP contribution in [0.25, 0.3) is 21.7 Å². The van der Waals surface area contributed by atoms with Gasteiger partial charge in [-0.3, -0.25) is 0 Å². The fraction of sp³-hybridized carbons (Fsp3) is 0.300. The van der Waals surface area contributed by atoms with Crippen molar-refractivity contribution in [2.24, 2.45) is 0 Å². The number of aromatic carboxylic acids is 1. The van der Waals surface area contributed by atoms with E-state index in [-0.39, 0.29) is 16.7 Å². The van der Waals surface area contributed by atoms with Gasteiger partial charge in [-0.1, -0.05) is 18.2 Å². The van der Waals surface area contributed by atoms with Gasteiger partial charge in [-0.2, -0.15) is 0 Å². The lowest BCUT2D eigenvalue weighted by atomic mass is 9.99. The van der Waals surface area contributed by atoms with Crippen LogP contribution in [0.3, 0.4) is 0 Å². The van der Waals surface area contributed by atoms with Gasteiger partial charge < -0.3 is 39.4 Å². The summed E-state index contributed by atoms with van der Waals surface area (Å²) in [6.45, 7) is -0.671. The van der Waals surface area contributed by atoms with Crippen molar-refractivity contribution in [2.45, 2.75) is 30.7 Å². The van der Waals surface area contributed by atoms with Crippen molar-refractivity contribution >= 4 is 27.7 Å². The number of ether oxygens (including phenoxy) is 2. The standard InChI is InChI=1S/C20H18O10/c21-7-12-14(22)15(23)16(24)20(29-12)28-11-6-5-9-8-3-1-2-4-10(8)19(27)30-17(9)13(11)18(25)26/h1-6,12,14-16,20-24H,7H2,(H,25,26)/t12-,14-,15+,16-,20-/m1/s1. The van der Waals surface area contributed by atoms with Gasteiger partial charge in [0, 0.05) is 5.39 Å². The molecule has 0 bridgehead atoms. The maximum Gasteiger partial charge on any atom is 0.344 e.